The predicted octanol–water partition coefficient (Wildman–Crippen LogP) is 1.69. The highest BCUT2D eigenvalue weighted by Gasteiger charge is 2.41. The van der Waals surface area contributed by atoms with Crippen LogP contribution in [-0.4, -0.2) is 29.8 Å². The van der Waals surface area contributed by atoms with Crippen LogP contribution >= 0.6 is 11.6 Å². The zero-order chi connectivity index (χ0) is 14.0. The van der Waals surface area contributed by atoms with Gasteiger partial charge >= 0.3 is 0 Å². The molecular formula is C14H17ClN2O2. The van der Waals surface area contributed by atoms with E-state index in [0.29, 0.717) is 19.5 Å². The standard InChI is InChI=1S/C14H17ClN2O2/c1-14(13(16)19)7-8-17(9-14)12(18)11(15)10-5-3-2-4-6-10/h2-6,11H,7-9H2,1H3,(H2,16,19). The van der Waals surface area contributed by atoms with Gasteiger partial charge in [-0.2, -0.15) is 0 Å². The van der Waals surface area contributed by atoms with E-state index in [2.05, 4.69) is 0 Å². The Labute approximate surface area is 117 Å². The van der Waals surface area contributed by atoms with Crippen molar-refractivity contribution in [1.29, 1.82) is 0 Å². The number of primary amides is 1. The van der Waals surface area contributed by atoms with Crippen molar-refractivity contribution in [3.8, 4) is 0 Å². The van der Waals surface area contributed by atoms with Gasteiger partial charge in [0.25, 0.3) is 0 Å². The summed E-state index contributed by atoms with van der Waals surface area (Å²) in [6, 6.07) is 9.19. The maximum absolute atomic E-state index is 12.3. The van der Waals surface area contributed by atoms with Crippen molar-refractivity contribution in [1.82, 2.24) is 4.90 Å². The van der Waals surface area contributed by atoms with Crippen LogP contribution in [0.1, 0.15) is 24.3 Å². The number of halogens is 1. The number of hydrogen-bond donors (Lipinski definition) is 1. The van der Waals surface area contributed by atoms with Gasteiger partial charge in [0, 0.05) is 13.1 Å². The summed E-state index contributed by atoms with van der Waals surface area (Å²) in [5.41, 5.74) is 5.50. The van der Waals surface area contributed by atoms with E-state index in [4.69, 9.17) is 17.3 Å². The molecule has 2 rings (SSSR count). The molecule has 5 heteroatoms. The summed E-state index contributed by atoms with van der Waals surface area (Å²) in [5, 5.41) is -0.712. The summed E-state index contributed by atoms with van der Waals surface area (Å²) >= 11 is 6.20. The van der Waals surface area contributed by atoms with E-state index in [1.165, 1.54) is 0 Å². The molecule has 0 radical (unpaired) electrons. The predicted molar refractivity (Wildman–Crippen MR) is 73.5 cm³/mol. The smallest absolute Gasteiger partial charge is 0.245 e. The summed E-state index contributed by atoms with van der Waals surface area (Å²) in [7, 11) is 0. The summed E-state index contributed by atoms with van der Waals surface area (Å²) < 4.78 is 0. The number of carbonyl (C=O) groups is 2. The van der Waals surface area contributed by atoms with Crippen molar-refractivity contribution in [3.63, 3.8) is 0 Å². The van der Waals surface area contributed by atoms with E-state index in [1.54, 1.807) is 11.8 Å². The zero-order valence-electron chi connectivity index (χ0n) is 10.8. The van der Waals surface area contributed by atoms with Gasteiger partial charge in [0.15, 0.2) is 0 Å². The molecule has 2 unspecified atom stereocenters. The Kier molecular flexibility index (Phi) is 3.80. The molecular weight excluding hydrogens is 264 g/mol. The first-order valence-electron chi connectivity index (χ1n) is 6.22. The van der Waals surface area contributed by atoms with Crippen LogP contribution in [0.4, 0.5) is 0 Å². The summed E-state index contributed by atoms with van der Waals surface area (Å²) in [6.07, 6.45) is 0.590. The van der Waals surface area contributed by atoms with Crippen molar-refractivity contribution in [2.75, 3.05) is 13.1 Å². The van der Waals surface area contributed by atoms with E-state index in [1.807, 2.05) is 30.3 Å². The van der Waals surface area contributed by atoms with Crippen LogP contribution in [0.5, 0.6) is 0 Å². The second-order valence-electron chi connectivity index (χ2n) is 5.21. The van der Waals surface area contributed by atoms with Crippen molar-refractivity contribution < 1.29 is 9.59 Å². The summed E-state index contributed by atoms with van der Waals surface area (Å²) in [6.45, 7) is 2.65. The van der Waals surface area contributed by atoms with Gasteiger partial charge in [-0.3, -0.25) is 9.59 Å². The molecule has 1 saturated heterocycles. The molecule has 1 aliphatic rings. The maximum Gasteiger partial charge on any atom is 0.245 e. The number of nitrogens with zero attached hydrogens (tertiary/aromatic N) is 1. The quantitative estimate of drug-likeness (QED) is 0.857. The molecule has 1 aromatic carbocycles. The first kappa shape index (κ1) is 13.9. The van der Waals surface area contributed by atoms with Gasteiger partial charge in [0.05, 0.1) is 5.41 Å². The lowest BCUT2D eigenvalue weighted by Crippen LogP contribution is -2.39. The minimum Gasteiger partial charge on any atom is -0.369 e. The minimum atomic E-state index is -0.712. The van der Waals surface area contributed by atoms with Crippen LogP contribution in [0.2, 0.25) is 0 Å². The van der Waals surface area contributed by atoms with E-state index in [-0.39, 0.29) is 11.8 Å². The van der Waals surface area contributed by atoms with Crippen molar-refractivity contribution >= 4 is 23.4 Å². The topological polar surface area (TPSA) is 63.4 Å². The van der Waals surface area contributed by atoms with Crippen LogP contribution in [-0.2, 0) is 9.59 Å². The molecule has 1 fully saturated rings. The van der Waals surface area contributed by atoms with Crippen LogP contribution in [0.3, 0.4) is 0 Å². The van der Waals surface area contributed by atoms with Gasteiger partial charge in [-0.1, -0.05) is 30.3 Å². The third-order valence-electron chi connectivity index (χ3n) is 3.69. The molecule has 0 bridgehead atoms. The van der Waals surface area contributed by atoms with Gasteiger partial charge in [0.1, 0.15) is 5.38 Å². The van der Waals surface area contributed by atoms with Crippen molar-refractivity contribution in [2.45, 2.75) is 18.7 Å². The average Bonchev–Trinajstić information content (AvgIpc) is 2.82. The van der Waals surface area contributed by atoms with Gasteiger partial charge in [-0.15, -0.1) is 11.6 Å². The van der Waals surface area contributed by atoms with Gasteiger partial charge in [-0.25, -0.2) is 0 Å². The van der Waals surface area contributed by atoms with Crippen molar-refractivity contribution in [2.24, 2.45) is 11.1 Å². The van der Waals surface area contributed by atoms with Crippen LogP contribution in [0.15, 0.2) is 30.3 Å². The number of benzene rings is 1. The first-order chi connectivity index (χ1) is 8.94. The van der Waals surface area contributed by atoms with Gasteiger partial charge in [-0.05, 0) is 18.9 Å². The normalized spacial score (nSPS) is 24.2. The van der Waals surface area contributed by atoms with Crippen molar-refractivity contribution in [3.05, 3.63) is 35.9 Å². The monoisotopic (exact) mass is 280 g/mol. The Balaban J connectivity index is 2.08. The Morgan fingerprint density at radius 3 is 2.53 bits per heavy atom. The SMILES string of the molecule is CC1(C(N)=O)CCN(C(=O)C(Cl)c2ccccc2)C1. The number of hydrogen-bond acceptors (Lipinski definition) is 2. The third kappa shape index (κ3) is 2.73. The number of carbonyl (C=O) groups excluding carboxylic acids is 2. The maximum atomic E-state index is 12.3. The molecule has 0 spiro atoms. The highest BCUT2D eigenvalue weighted by molar-refractivity contribution is 6.30. The van der Waals surface area contributed by atoms with Crippen LogP contribution in [0.25, 0.3) is 0 Å². The highest BCUT2D eigenvalue weighted by Crippen LogP contribution is 2.32. The van der Waals surface area contributed by atoms with Gasteiger partial charge < -0.3 is 10.6 Å². The summed E-state index contributed by atoms with van der Waals surface area (Å²) in [5.74, 6) is -0.536. The fourth-order valence-corrected chi connectivity index (χ4v) is 2.56. The fraction of sp³-hybridized carbons (Fsp3) is 0.429. The fourth-order valence-electron chi connectivity index (χ4n) is 2.28. The van der Waals surface area contributed by atoms with Crippen LogP contribution in [0, 0.1) is 5.41 Å². The Bertz CT molecular complexity index is 491. The zero-order valence-corrected chi connectivity index (χ0v) is 11.6. The molecule has 0 saturated carbocycles. The molecule has 102 valence electrons. The Morgan fingerprint density at radius 2 is 2.00 bits per heavy atom. The molecule has 4 nitrogen and oxygen atoms in total. The molecule has 1 aliphatic heterocycles. The lowest BCUT2D eigenvalue weighted by Gasteiger charge is -2.23. The molecule has 19 heavy (non-hydrogen) atoms. The van der Waals surface area contributed by atoms with E-state index in [0.717, 1.165) is 5.56 Å². The van der Waals surface area contributed by atoms with E-state index >= 15 is 0 Å². The van der Waals surface area contributed by atoms with E-state index in [9.17, 15) is 9.59 Å². The number of amides is 2. The molecule has 2 amide bonds. The molecule has 1 heterocycles. The molecule has 1 aromatic rings. The minimum absolute atomic E-state index is 0.169. The molecule has 0 aromatic heterocycles. The molecule has 0 aliphatic carbocycles. The first-order valence-corrected chi connectivity index (χ1v) is 6.65. The Morgan fingerprint density at radius 1 is 1.37 bits per heavy atom. The largest absolute Gasteiger partial charge is 0.369 e. The average molecular weight is 281 g/mol. The lowest BCUT2D eigenvalue weighted by molar-refractivity contribution is -0.131. The lowest BCUT2D eigenvalue weighted by atomic mass is 9.89. The third-order valence-corrected chi connectivity index (χ3v) is 4.13. The van der Waals surface area contributed by atoms with Gasteiger partial charge in [0.2, 0.25) is 11.8 Å². The number of likely N-dealkylation sites (tertiary alicyclic amines) is 1. The number of alkyl halides is 1. The summed E-state index contributed by atoms with van der Waals surface area (Å²) in [4.78, 5) is 25.3. The molecule has 2 N–H and O–H groups in total. The number of rotatable bonds is 3. The van der Waals surface area contributed by atoms with E-state index < -0.39 is 10.8 Å². The second-order valence-corrected chi connectivity index (χ2v) is 5.64. The Hall–Kier alpha value is -1.55. The second kappa shape index (κ2) is 5.21. The highest BCUT2D eigenvalue weighted by atomic mass is 35.5. The number of nitrogens with two attached hydrogens (primary N) is 1. The molecule has 2 atom stereocenters. The van der Waals surface area contributed by atoms with Crippen LogP contribution < -0.4 is 5.73 Å².